The Balaban J connectivity index is 2.61. The Morgan fingerprint density at radius 2 is 2.26 bits per heavy atom. The van der Waals surface area contributed by atoms with Crippen LogP contribution in [0.5, 0.6) is 11.5 Å². The highest BCUT2D eigenvalue weighted by molar-refractivity contribution is 5.76. The lowest BCUT2D eigenvalue weighted by Gasteiger charge is -2.11. The first kappa shape index (κ1) is 14.9. The lowest BCUT2D eigenvalue weighted by Crippen LogP contribution is -2.28. The summed E-state index contributed by atoms with van der Waals surface area (Å²) < 4.78 is 10.5. The third-order valence-electron chi connectivity index (χ3n) is 2.42. The minimum absolute atomic E-state index is 0.183. The molecule has 0 fully saturated rings. The number of benzene rings is 1. The molecule has 1 aromatic rings. The van der Waals surface area contributed by atoms with Gasteiger partial charge in [-0.1, -0.05) is 12.0 Å². The van der Waals surface area contributed by atoms with Crippen LogP contribution in [-0.2, 0) is 11.2 Å². The molecule has 0 heterocycles. The van der Waals surface area contributed by atoms with Gasteiger partial charge in [0.25, 0.3) is 0 Å². The molecule has 1 rings (SSSR count). The number of ether oxygens (including phenoxy) is 2. The molecular formula is C14H17NO4. The monoisotopic (exact) mass is 263 g/mol. The van der Waals surface area contributed by atoms with Crippen LogP contribution < -0.4 is 14.8 Å². The lowest BCUT2D eigenvalue weighted by molar-refractivity contribution is -0.123. The van der Waals surface area contributed by atoms with Crippen molar-refractivity contribution in [3.8, 4) is 23.8 Å². The Hall–Kier alpha value is -2.19. The number of amides is 1. The fourth-order valence-electron chi connectivity index (χ4n) is 1.51. The molecule has 1 aromatic carbocycles. The van der Waals surface area contributed by atoms with Crippen LogP contribution in [0.4, 0.5) is 0 Å². The van der Waals surface area contributed by atoms with Crippen molar-refractivity contribution >= 4 is 5.91 Å². The molecule has 0 bridgehead atoms. The van der Waals surface area contributed by atoms with Crippen molar-refractivity contribution in [2.24, 2.45) is 0 Å². The molecule has 5 nitrogen and oxygen atoms in total. The highest BCUT2D eigenvalue weighted by atomic mass is 16.5. The first-order valence-electron chi connectivity index (χ1n) is 5.82. The smallest absolute Gasteiger partial charge is 0.245 e. The van der Waals surface area contributed by atoms with E-state index in [9.17, 15) is 4.79 Å². The van der Waals surface area contributed by atoms with Gasteiger partial charge in [0.2, 0.25) is 5.91 Å². The summed E-state index contributed by atoms with van der Waals surface area (Å²) >= 11 is 0. The lowest BCUT2D eigenvalue weighted by atomic mass is 10.1. The van der Waals surface area contributed by atoms with Gasteiger partial charge in [0, 0.05) is 6.54 Å². The minimum atomic E-state index is -0.498. The number of rotatable bonds is 7. The number of nitrogens with one attached hydrogen (secondary N) is 1. The molecule has 0 spiro atoms. The van der Waals surface area contributed by atoms with Gasteiger partial charge in [-0.2, -0.15) is 0 Å². The topological polar surface area (TPSA) is 67.8 Å². The van der Waals surface area contributed by atoms with E-state index in [4.69, 9.17) is 21.0 Å². The van der Waals surface area contributed by atoms with Gasteiger partial charge < -0.3 is 19.9 Å². The number of carbonyl (C=O) groups excluding carboxylic acids is 1. The molecule has 0 aliphatic heterocycles. The van der Waals surface area contributed by atoms with Crippen LogP contribution >= 0.6 is 0 Å². The van der Waals surface area contributed by atoms with E-state index in [1.807, 2.05) is 12.1 Å². The summed E-state index contributed by atoms with van der Waals surface area (Å²) in [5.41, 5.74) is 0.989. The van der Waals surface area contributed by atoms with Gasteiger partial charge in [-0.05, 0) is 24.1 Å². The van der Waals surface area contributed by atoms with Crippen LogP contribution in [0.25, 0.3) is 0 Å². The largest absolute Gasteiger partial charge is 0.493 e. The average Bonchev–Trinajstić information content (AvgIpc) is 2.45. The van der Waals surface area contributed by atoms with Crippen LogP contribution in [0.3, 0.4) is 0 Å². The van der Waals surface area contributed by atoms with Gasteiger partial charge in [-0.3, -0.25) is 4.79 Å². The third-order valence-corrected chi connectivity index (χ3v) is 2.42. The zero-order valence-corrected chi connectivity index (χ0v) is 10.8. The molecule has 1 amide bonds. The van der Waals surface area contributed by atoms with Gasteiger partial charge in [0.15, 0.2) is 11.5 Å². The number of aliphatic hydroxyl groups is 1. The van der Waals surface area contributed by atoms with Gasteiger partial charge >= 0.3 is 0 Å². The van der Waals surface area contributed by atoms with Crippen molar-refractivity contribution in [1.29, 1.82) is 0 Å². The maximum Gasteiger partial charge on any atom is 0.245 e. The summed E-state index contributed by atoms with van der Waals surface area (Å²) in [6, 6.07) is 5.48. The number of carbonyl (C=O) groups is 1. The highest BCUT2D eigenvalue weighted by Gasteiger charge is 2.06. The fraction of sp³-hybridized carbons (Fsp3) is 0.357. The van der Waals surface area contributed by atoms with E-state index in [0.717, 1.165) is 5.56 Å². The molecule has 0 aromatic heterocycles. The summed E-state index contributed by atoms with van der Waals surface area (Å²) in [4.78, 5) is 10.9. The molecule has 0 radical (unpaired) electrons. The Morgan fingerprint density at radius 3 is 2.89 bits per heavy atom. The van der Waals surface area contributed by atoms with E-state index in [1.165, 1.54) is 0 Å². The number of aliphatic hydroxyl groups excluding tert-OH is 1. The third kappa shape index (κ3) is 4.90. The molecule has 0 aliphatic rings. The summed E-state index contributed by atoms with van der Waals surface area (Å²) in [6.07, 6.45) is 5.77. The number of methoxy groups -OCH3 is 1. The van der Waals surface area contributed by atoms with Crippen LogP contribution in [0.15, 0.2) is 18.2 Å². The van der Waals surface area contributed by atoms with Crippen molar-refractivity contribution in [3.63, 3.8) is 0 Å². The molecule has 102 valence electrons. The molecule has 0 aliphatic carbocycles. The van der Waals surface area contributed by atoms with E-state index in [2.05, 4.69) is 11.2 Å². The maximum atomic E-state index is 10.9. The van der Waals surface area contributed by atoms with Gasteiger partial charge in [0.1, 0.15) is 13.2 Å². The van der Waals surface area contributed by atoms with E-state index in [1.54, 1.807) is 13.2 Å². The molecule has 0 saturated carbocycles. The summed E-state index contributed by atoms with van der Waals surface area (Å²) in [6.45, 7) is 0.136. The van der Waals surface area contributed by atoms with Gasteiger partial charge in [-0.25, -0.2) is 0 Å². The standard InChI is InChI=1S/C14H17NO4/c1-3-8-19-12-5-4-11(9-13(12)18-2)6-7-15-14(17)10-16/h1,4-5,9,16H,6-8,10H2,2H3,(H,15,17). The van der Waals surface area contributed by atoms with Crippen LogP contribution in [0.1, 0.15) is 5.56 Å². The van der Waals surface area contributed by atoms with Gasteiger partial charge in [0.05, 0.1) is 7.11 Å². The second-order valence-electron chi connectivity index (χ2n) is 3.74. The Labute approximate surface area is 112 Å². The van der Waals surface area contributed by atoms with Crippen LogP contribution in [0.2, 0.25) is 0 Å². The fourth-order valence-corrected chi connectivity index (χ4v) is 1.51. The average molecular weight is 263 g/mol. The summed E-state index contributed by atoms with van der Waals surface area (Å²) in [7, 11) is 1.55. The minimum Gasteiger partial charge on any atom is -0.493 e. The van der Waals surface area contributed by atoms with E-state index < -0.39 is 6.61 Å². The Kier molecular flexibility index (Phi) is 6.27. The molecule has 0 unspecified atom stereocenters. The second kappa shape index (κ2) is 8.01. The van der Waals surface area contributed by atoms with Crippen molar-refractivity contribution in [1.82, 2.24) is 5.32 Å². The molecule has 19 heavy (non-hydrogen) atoms. The molecule has 5 heteroatoms. The molecular weight excluding hydrogens is 246 g/mol. The zero-order chi connectivity index (χ0) is 14.1. The van der Waals surface area contributed by atoms with Crippen LogP contribution in [0, 0.1) is 12.3 Å². The quantitative estimate of drug-likeness (QED) is 0.697. The summed E-state index contributed by atoms with van der Waals surface area (Å²) in [5.74, 6) is 3.18. The van der Waals surface area contributed by atoms with E-state index >= 15 is 0 Å². The van der Waals surface area contributed by atoms with Crippen molar-refractivity contribution < 1.29 is 19.4 Å². The SMILES string of the molecule is C#CCOc1ccc(CCNC(=O)CO)cc1OC. The number of hydrogen-bond acceptors (Lipinski definition) is 4. The van der Waals surface area contributed by atoms with Crippen molar-refractivity contribution in [2.75, 3.05) is 26.9 Å². The first-order valence-corrected chi connectivity index (χ1v) is 5.82. The highest BCUT2D eigenvalue weighted by Crippen LogP contribution is 2.28. The van der Waals surface area contributed by atoms with E-state index in [0.29, 0.717) is 24.5 Å². The number of hydrogen-bond donors (Lipinski definition) is 2. The molecule has 2 N–H and O–H groups in total. The molecule has 0 atom stereocenters. The van der Waals surface area contributed by atoms with Crippen molar-refractivity contribution in [3.05, 3.63) is 23.8 Å². The predicted octanol–water partition coefficient (Wildman–Crippen LogP) is 0.358. The second-order valence-corrected chi connectivity index (χ2v) is 3.74. The number of terminal acetylenes is 1. The Morgan fingerprint density at radius 1 is 1.47 bits per heavy atom. The summed E-state index contributed by atoms with van der Waals surface area (Å²) in [5, 5.41) is 11.1. The van der Waals surface area contributed by atoms with Gasteiger partial charge in [-0.15, -0.1) is 6.42 Å². The zero-order valence-electron chi connectivity index (χ0n) is 10.8. The Bertz CT molecular complexity index is 465. The normalized spacial score (nSPS) is 9.53. The van der Waals surface area contributed by atoms with Crippen molar-refractivity contribution in [2.45, 2.75) is 6.42 Å². The predicted molar refractivity (Wildman–Crippen MR) is 71.1 cm³/mol. The maximum absolute atomic E-state index is 10.9. The molecule has 0 saturated heterocycles. The van der Waals surface area contributed by atoms with Crippen LogP contribution in [-0.4, -0.2) is 37.9 Å². The first-order chi connectivity index (χ1) is 9.21. The van der Waals surface area contributed by atoms with E-state index in [-0.39, 0.29) is 12.5 Å².